The zero-order valence-electron chi connectivity index (χ0n) is 18.8. The highest BCUT2D eigenvalue weighted by Crippen LogP contribution is 2.44. The van der Waals surface area contributed by atoms with Crippen molar-refractivity contribution in [1.82, 2.24) is 19.5 Å². The molecule has 0 aromatic carbocycles. The number of esters is 1. The number of carbonyl (C=O) groups is 1. The monoisotopic (exact) mass is 449 g/mol. The van der Waals surface area contributed by atoms with E-state index in [4.69, 9.17) is 19.6 Å². The number of carbonyl (C=O) groups excluding carboxylic acids is 1. The molecule has 0 spiro atoms. The molecule has 0 aliphatic carbocycles. The highest BCUT2D eigenvalue weighted by Gasteiger charge is 2.48. The summed E-state index contributed by atoms with van der Waals surface area (Å²) in [7, 11) is -2.30. The van der Waals surface area contributed by atoms with Crippen molar-refractivity contribution in [3.05, 3.63) is 24.3 Å². The molecule has 11 heteroatoms. The van der Waals surface area contributed by atoms with E-state index in [0.29, 0.717) is 16.7 Å². The second-order valence-electron chi connectivity index (χ2n) is 8.98. The Labute approximate surface area is 182 Å². The molecule has 2 aromatic rings. The predicted molar refractivity (Wildman–Crippen MR) is 118 cm³/mol. The number of rotatable bonds is 6. The number of imidazole rings is 1. The minimum Gasteiger partial charge on any atom is -0.463 e. The Bertz CT molecular complexity index is 984. The summed E-state index contributed by atoms with van der Waals surface area (Å²) >= 11 is 0. The molecule has 0 amide bonds. The maximum absolute atomic E-state index is 12.3. The van der Waals surface area contributed by atoms with Crippen LogP contribution in [0.15, 0.2) is 24.3 Å². The second-order valence-corrected chi connectivity index (χ2v) is 13.7. The van der Waals surface area contributed by atoms with Crippen LogP contribution < -0.4 is 5.73 Å². The van der Waals surface area contributed by atoms with Gasteiger partial charge in [-0.3, -0.25) is 4.57 Å². The largest absolute Gasteiger partial charge is 0.463 e. The molecule has 1 aliphatic heterocycles. The first-order valence-electron chi connectivity index (χ1n) is 10.3. The van der Waals surface area contributed by atoms with Gasteiger partial charge in [-0.1, -0.05) is 20.8 Å². The van der Waals surface area contributed by atoms with Gasteiger partial charge in [-0.05, 0) is 30.6 Å². The average Bonchev–Trinajstić information content (AvgIpc) is 3.23. The van der Waals surface area contributed by atoms with Crippen molar-refractivity contribution in [1.29, 1.82) is 0 Å². The van der Waals surface area contributed by atoms with Crippen LogP contribution in [-0.2, 0) is 18.7 Å². The Kier molecular flexibility index (Phi) is 6.51. The molecule has 0 radical (unpaired) electrons. The third kappa shape index (κ3) is 4.49. The summed E-state index contributed by atoms with van der Waals surface area (Å²) in [6.07, 6.45) is 2.20. The van der Waals surface area contributed by atoms with Crippen LogP contribution in [0, 0.1) is 0 Å². The molecule has 1 fully saturated rings. The molecule has 3 rings (SSSR count). The predicted octanol–water partition coefficient (Wildman–Crippen LogP) is 2.18. The zero-order chi connectivity index (χ0) is 23.0. The molecule has 10 nitrogen and oxygen atoms in total. The number of anilines is 1. The third-order valence-electron chi connectivity index (χ3n) is 5.89. The molecule has 3 N–H and O–H groups in total. The van der Waals surface area contributed by atoms with Crippen molar-refractivity contribution in [3.63, 3.8) is 0 Å². The normalized spacial score (nSPS) is 23.6. The molecule has 1 saturated heterocycles. The van der Waals surface area contributed by atoms with E-state index in [0.717, 1.165) is 0 Å². The maximum atomic E-state index is 12.3. The van der Waals surface area contributed by atoms with Gasteiger partial charge >= 0.3 is 5.97 Å². The topological polar surface area (TPSA) is 135 Å². The third-order valence-corrected chi connectivity index (χ3v) is 10.3. The number of fused-ring (bicyclic) bond motifs is 1. The molecule has 3 heterocycles. The fraction of sp³-hybridized carbons (Fsp3) is 0.600. The van der Waals surface area contributed by atoms with Crippen LogP contribution >= 0.6 is 0 Å². The summed E-state index contributed by atoms with van der Waals surface area (Å²) in [6, 6.07) is 0. The summed E-state index contributed by atoms with van der Waals surface area (Å²) in [5.41, 5.74) is 7.39. The number of nitrogens with zero attached hydrogens (tertiary/aromatic N) is 4. The van der Waals surface area contributed by atoms with Crippen LogP contribution in [0.4, 0.5) is 5.82 Å². The number of hydrogen-bond acceptors (Lipinski definition) is 9. The van der Waals surface area contributed by atoms with Crippen molar-refractivity contribution in [2.24, 2.45) is 0 Å². The summed E-state index contributed by atoms with van der Waals surface area (Å²) < 4.78 is 19.7. The number of hydrogen-bond donors (Lipinski definition) is 2. The summed E-state index contributed by atoms with van der Waals surface area (Å²) in [5.74, 6) is -0.254. The number of aliphatic hydroxyl groups is 1. The number of ether oxygens (including phenoxy) is 2. The van der Waals surface area contributed by atoms with Crippen LogP contribution in [0.3, 0.4) is 0 Å². The van der Waals surface area contributed by atoms with Crippen LogP contribution in [0.2, 0.25) is 18.1 Å². The van der Waals surface area contributed by atoms with E-state index in [1.54, 1.807) is 17.8 Å². The summed E-state index contributed by atoms with van der Waals surface area (Å²) in [6.45, 7) is 12.3. The molecule has 3 atom stereocenters. The highest BCUT2D eigenvalue weighted by atomic mass is 28.4. The van der Waals surface area contributed by atoms with Gasteiger partial charge in [-0.25, -0.2) is 19.7 Å². The van der Waals surface area contributed by atoms with E-state index in [9.17, 15) is 9.90 Å². The zero-order valence-corrected chi connectivity index (χ0v) is 19.8. The first kappa shape index (κ1) is 23.3. The number of aromatic nitrogens is 4. The van der Waals surface area contributed by atoms with Gasteiger partial charge in [0.15, 0.2) is 26.0 Å². The first-order chi connectivity index (χ1) is 14.5. The van der Waals surface area contributed by atoms with Gasteiger partial charge in [0, 0.05) is 6.08 Å². The standard InChI is InChI=1S/C20H31N5O5Si/c1-7-28-14(27)8-12-13(9-26)29-19(16(12)30-31(5,6)20(2,3)4)25-11-24-15-17(21)22-10-23-18(15)25/h8,10-11,13,16,19,26H,7,9H2,1-6H3,(H2,21,22,23)/b12-8-/t13-,16-,19-/m1/s1. The lowest BCUT2D eigenvalue weighted by molar-refractivity contribution is -0.137. The van der Waals surface area contributed by atoms with Crippen molar-refractivity contribution >= 4 is 31.3 Å². The van der Waals surface area contributed by atoms with Crippen molar-refractivity contribution < 1.29 is 23.8 Å². The Morgan fingerprint density at radius 2 is 2.06 bits per heavy atom. The maximum Gasteiger partial charge on any atom is 0.330 e. The quantitative estimate of drug-likeness (QED) is 0.386. The molecule has 31 heavy (non-hydrogen) atoms. The fourth-order valence-corrected chi connectivity index (χ4v) is 4.44. The van der Waals surface area contributed by atoms with E-state index in [2.05, 4.69) is 48.8 Å². The lowest BCUT2D eigenvalue weighted by Gasteiger charge is -2.39. The van der Waals surface area contributed by atoms with E-state index in [1.807, 2.05) is 0 Å². The van der Waals surface area contributed by atoms with E-state index in [-0.39, 0.29) is 24.1 Å². The van der Waals surface area contributed by atoms with Crippen molar-refractivity contribution in [2.45, 2.75) is 64.3 Å². The molecule has 1 aliphatic rings. The van der Waals surface area contributed by atoms with Gasteiger partial charge < -0.3 is 24.7 Å². The second kappa shape index (κ2) is 8.65. The Balaban J connectivity index is 2.11. The van der Waals surface area contributed by atoms with Gasteiger partial charge in [-0.15, -0.1) is 0 Å². The molecule has 2 aromatic heterocycles. The van der Waals surface area contributed by atoms with Crippen LogP contribution in [0.1, 0.15) is 33.9 Å². The van der Waals surface area contributed by atoms with Gasteiger partial charge in [-0.2, -0.15) is 0 Å². The lowest BCUT2D eigenvalue weighted by atomic mass is 10.1. The number of nitrogen functional groups attached to an aromatic ring is 1. The minimum atomic E-state index is -2.30. The minimum absolute atomic E-state index is 0.0898. The molecule has 0 saturated carbocycles. The van der Waals surface area contributed by atoms with Gasteiger partial charge in [0.25, 0.3) is 0 Å². The lowest BCUT2D eigenvalue weighted by Crippen LogP contribution is -2.45. The van der Waals surface area contributed by atoms with Crippen molar-refractivity contribution in [2.75, 3.05) is 18.9 Å². The van der Waals surface area contributed by atoms with Gasteiger partial charge in [0.05, 0.1) is 19.5 Å². The van der Waals surface area contributed by atoms with Gasteiger partial charge in [0.1, 0.15) is 24.1 Å². The molecule has 0 bridgehead atoms. The Hall–Kier alpha value is -2.34. The van der Waals surface area contributed by atoms with Gasteiger partial charge in [0.2, 0.25) is 0 Å². The van der Waals surface area contributed by atoms with Crippen LogP contribution in [0.5, 0.6) is 0 Å². The van der Waals surface area contributed by atoms with Crippen LogP contribution in [0.25, 0.3) is 11.2 Å². The van der Waals surface area contributed by atoms with E-state index < -0.39 is 32.7 Å². The summed E-state index contributed by atoms with van der Waals surface area (Å²) in [5, 5.41) is 9.91. The van der Waals surface area contributed by atoms with Crippen LogP contribution in [-0.4, -0.2) is 64.3 Å². The van der Waals surface area contributed by atoms with E-state index >= 15 is 0 Å². The van der Waals surface area contributed by atoms with E-state index in [1.165, 1.54) is 12.4 Å². The highest BCUT2D eigenvalue weighted by molar-refractivity contribution is 6.74. The molecular formula is C20H31N5O5Si. The van der Waals surface area contributed by atoms with Crippen molar-refractivity contribution in [3.8, 4) is 0 Å². The Morgan fingerprint density at radius 3 is 2.68 bits per heavy atom. The first-order valence-corrected chi connectivity index (χ1v) is 13.2. The number of aliphatic hydroxyl groups excluding tert-OH is 1. The molecular weight excluding hydrogens is 418 g/mol. The average molecular weight is 450 g/mol. The SMILES string of the molecule is CCOC(=O)/C=C1\[C@@H](O[Si](C)(C)C(C)(C)C)[C@H](n2cnc3c(N)ncnc32)O[C@@H]1CO. The smallest absolute Gasteiger partial charge is 0.330 e. The Morgan fingerprint density at radius 1 is 1.35 bits per heavy atom. The molecule has 0 unspecified atom stereocenters. The molecule has 170 valence electrons. The fourth-order valence-electron chi connectivity index (χ4n) is 3.20. The summed E-state index contributed by atoms with van der Waals surface area (Å²) in [4.78, 5) is 24.9. The number of nitrogens with two attached hydrogens (primary N) is 1.